The molecule has 2 rings (SSSR count). The molecule has 1 amide bonds. The van der Waals surface area contributed by atoms with Gasteiger partial charge in [-0.2, -0.15) is 0 Å². The minimum atomic E-state index is -0.227. The highest BCUT2D eigenvalue weighted by Gasteiger charge is 2.22. The molecule has 1 saturated carbocycles. The third kappa shape index (κ3) is 4.11. The van der Waals surface area contributed by atoms with E-state index in [2.05, 4.69) is 10.6 Å². The summed E-state index contributed by atoms with van der Waals surface area (Å²) in [6.07, 6.45) is 2.72. The Hall–Kier alpha value is -1.42. The first-order valence-corrected chi connectivity index (χ1v) is 6.43. The van der Waals surface area contributed by atoms with Gasteiger partial charge in [0.1, 0.15) is 5.82 Å². The normalized spacial score (nSPS) is 16.3. The summed E-state index contributed by atoms with van der Waals surface area (Å²) >= 11 is 0. The van der Waals surface area contributed by atoms with E-state index >= 15 is 0 Å². The Bertz CT molecular complexity index is 401. The van der Waals surface area contributed by atoms with Gasteiger partial charge in [0.2, 0.25) is 5.91 Å². The molecule has 0 aromatic heterocycles. The van der Waals surface area contributed by atoms with Gasteiger partial charge in [0.05, 0.1) is 0 Å². The van der Waals surface area contributed by atoms with Crippen molar-refractivity contribution < 1.29 is 9.18 Å². The largest absolute Gasteiger partial charge is 0.353 e. The van der Waals surface area contributed by atoms with Crippen molar-refractivity contribution >= 4 is 5.91 Å². The van der Waals surface area contributed by atoms with E-state index in [0.717, 1.165) is 18.4 Å². The fraction of sp³-hybridized carbons (Fsp3) is 0.500. The number of hydrogen-bond acceptors (Lipinski definition) is 2. The Morgan fingerprint density at radius 1 is 1.39 bits per heavy atom. The number of nitrogens with one attached hydrogen (secondary N) is 2. The molecule has 1 unspecified atom stereocenters. The number of hydrogen-bond donors (Lipinski definition) is 2. The Labute approximate surface area is 107 Å². The molecule has 1 aromatic carbocycles. The van der Waals surface area contributed by atoms with E-state index in [1.54, 1.807) is 12.1 Å². The molecule has 18 heavy (non-hydrogen) atoms. The molecule has 2 N–H and O–H groups in total. The molecule has 0 aliphatic heterocycles. The summed E-state index contributed by atoms with van der Waals surface area (Å²) in [4.78, 5) is 11.5. The molecule has 0 heterocycles. The molecule has 98 valence electrons. The number of rotatable bonds is 6. The van der Waals surface area contributed by atoms with Gasteiger partial charge in [0.25, 0.3) is 0 Å². The van der Waals surface area contributed by atoms with Crippen LogP contribution in [0.4, 0.5) is 4.39 Å². The monoisotopic (exact) mass is 250 g/mol. The van der Waals surface area contributed by atoms with Crippen molar-refractivity contribution in [2.24, 2.45) is 0 Å². The maximum absolute atomic E-state index is 12.8. The van der Waals surface area contributed by atoms with Crippen LogP contribution < -0.4 is 10.6 Å². The molecule has 1 atom stereocenters. The lowest BCUT2D eigenvalue weighted by Gasteiger charge is -2.14. The second-order valence-electron chi connectivity index (χ2n) is 4.82. The van der Waals surface area contributed by atoms with Crippen LogP contribution in [0.25, 0.3) is 0 Å². The summed E-state index contributed by atoms with van der Waals surface area (Å²) in [5.41, 5.74) is 1.03. The summed E-state index contributed by atoms with van der Waals surface area (Å²) in [6, 6.07) is 6.97. The standard InChI is InChI=1S/C14H19FN2O/c1-10(11-2-4-12(15)5-3-11)16-9-8-14(18)17-13-6-7-13/h2-5,10,13,16H,6-9H2,1H3,(H,17,18). The molecular formula is C14H19FN2O. The molecule has 1 aromatic rings. The second-order valence-corrected chi connectivity index (χ2v) is 4.82. The Morgan fingerprint density at radius 3 is 2.67 bits per heavy atom. The van der Waals surface area contributed by atoms with Crippen LogP contribution >= 0.6 is 0 Å². The van der Waals surface area contributed by atoms with Crippen LogP contribution in [0.2, 0.25) is 0 Å². The minimum Gasteiger partial charge on any atom is -0.353 e. The van der Waals surface area contributed by atoms with Gasteiger partial charge in [-0.15, -0.1) is 0 Å². The van der Waals surface area contributed by atoms with E-state index in [9.17, 15) is 9.18 Å². The van der Waals surface area contributed by atoms with E-state index in [-0.39, 0.29) is 17.8 Å². The van der Waals surface area contributed by atoms with Crippen molar-refractivity contribution in [1.29, 1.82) is 0 Å². The van der Waals surface area contributed by atoms with Crippen molar-refractivity contribution in [3.05, 3.63) is 35.6 Å². The summed E-state index contributed by atoms with van der Waals surface area (Å²) in [5, 5.41) is 6.21. The second kappa shape index (κ2) is 5.96. The first kappa shape index (κ1) is 13.0. The lowest BCUT2D eigenvalue weighted by Crippen LogP contribution is -2.30. The molecule has 0 radical (unpaired) electrons. The van der Waals surface area contributed by atoms with Gasteiger partial charge in [0, 0.05) is 25.0 Å². The van der Waals surface area contributed by atoms with E-state index in [0.29, 0.717) is 19.0 Å². The Balaban J connectivity index is 1.68. The van der Waals surface area contributed by atoms with E-state index in [1.807, 2.05) is 6.92 Å². The SMILES string of the molecule is CC(NCCC(=O)NC1CC1)c1ccc(F)cc1. The van der Waals surface area contributed by atoms with Gasteiger partial charge in [-0.1, -0.05) is 12.1 Å². The van der Waals surface area contributed by atoms with Crippen molar-refractivity contribution in [3.63, 3.8) is 0 Å². The first-order chi connectivity index (χ1) is 8.65. The van der Waals surface area contributed by atoms with Gasteiger partial charge in [-0.3, -0.25) is 4.79 Å². The first-order valence-electron chi connectivity index (χ1n) is 6.43. The molecule has 3 nitrogen and oxygen atoms in total. The maximum Gasteiger partial charge on any atom is 0.221 e. The molecule has 0 spiro atoms. The van der Waals surface area contributed by atoms with Crippen LogP contribution in [0.1, 0.15) is 37.8 Å². The minimum absolute atomic E-state index is 0.108. The third-order valence-electron chi connectivity index (χ3n) is 3.12. The number of carbonyl (C=O) groups excluding carboxylic acids is 1. The van der Waals surface area contributed by atoms with E-state index in [4.69, 9.17) is 0 Å². The predicted octanol–water partition coefficient (Wildman–Crippen LogP) is 2.14. The zero-order valence-corrected chi connectivity index (χ0v) is 10.6. The van der Waals surface area contributed by atoms with E-state index in [1.165, 1.54) is 12.1 Å². The number of carbonyl (C=O) groups is 1. The summed E-state index contributed by atoms with van der Waals surface area (Å²) < 4.78 is 12.8. The van der Waals surface area contributed by atoms with Crippen LogP contribution in [0.15, 0.2) is 24.3 Å². The number of benzene rings is 1. The number of halogens is 1. The quantitative estimate of drug-likeness (QED) is 0.812. The summed E-state index contributed by atoms with van der Waals surface area (Å²) in [6.45, 7) is 2.64. The average molecular weight is 250 g/mol. The molecular weight excluding hydrogens is 231 g/mol. The molecule has 4 heteroatoms. The summed E-state index contributed by atoms with van der Waals surface area (Å²) in [7, 11) is 0. The zero-order valence-electron chi connectivity index (χ0n) is 10.6. The van der Waals surface area contributed by atoms with Gasteiger partial charge in [-0.25, -0.2) is 4.39 Å². The lowest BCUT2D eigenvalue weighted by atomic mass is 10.1. The lowest BCUT2D eigenvalue weighted by molar-refractivity contribution is -0.121. The van der Waals surface area contributed by atoms with Crippen LogP contribution in [0.5, 0.6) is 0 Å². The van der Waals surface area contributed by atoms with Gasteiger partial charge >= 0.3 is 0 Å². The molecule has 1 aliphatic carbocycles. The van der Waals surface area contributed by atoms with Gasteiger partial charge in [0.15, 0.2) is 0 Å². The number of amides is 1. The fourth-order valence-electron chi connectivity index (χ4n) is 1.80. The third-order valence-corrected chi connectivity index (χ3v) is 3.12. The van der Waals surface area contributed by atoms with Crippen LogP contribution in [-0.2, 0) is 4.79 Å². The van der Waals surface area contributed by atoms with Crippen molar-refractivity contribution in [3.8, 4) is 0 Å². The molecule has 0 saturated heterocycles. The Kier molecular flexibility index (Phi) is 4.31. The highest BCUT2D eigenvalue weighted by Crippen LogP contribution is 2.18. The van der Waals surface area contributed by atoms with Crippen molar-refractivity contribution in [1.82, 2.24) is 10.6 Å². The molecule has 0 bridgehead atoms. The highest BCUT2D eigenvalue weighted by atomic mass is 19.1. The topological polar surface area (TPSA) is 41.1 Å². The smallest absolute Gasteiger partial charge is 0.221 e. The molecule has 1 aliphatic rings. The van der Waals surface area contributed by atoms with Crippen LogP contribution in [0, 0.1) is 5.82 Å². The van der Waals surface area contributed by atoms with Gasteiger partial charge in [-0.05, 0) is 37.5 Å². The fourth-order valence-corrected chi connectivity index (χ4v) is 1.80. The van der Waals surface area contributed by atoms with Crippen LogP contribution in [0.3, 0.4) is 0 Å². The maximum atomic E-state index is 12.8. The average Bonchev–Trinajstić information content (AvgIpc) is 3.13. The highest BCUT2D eigenvalue weighted by molar-refractivity contribution is 5.76. The Morgan fingerprint density at radius 2 is 2.06 bits per heavy atom. The van der Waals surface area contributed by atoms with Gasteiger partial charge < -0.3 is 10.6 Å². The summed E-state index contributed by atoms with van der Waals surface area (Å²) in [5.74, 6) is -0.119. The van der Waals surface area contributed by atoms with Crippen molar-refractivity contribution in [2.75, 3.05) is 6.54 Å². The van der Waals surface area contributed by atoms with E-state index < -0.39 is 0 Å². The van der Waals surface area contributed by atoms with Crippen LogP contribution in [-0.4, -0.2) is 18.5 Å². The molecule has 1 fully saturated rings. The predicted molar refractivity (Wildman–Crippen MR) is 68.6 cm³/mol. The van der Waals surface area contributed by atoms with Crippen molar-refractivity contribution in [2.45, 2.75) is 38.3 Å². The zero-order chi connectivity index (χ0) is 13.0.